The van der Waals surface area contributed by atoms with E-state index >= 15 is 0 Å². The maximum atomic E-state index is 13.5. The molecule has 144 valence electrons. The predicted molar refractivity (Wildman–Crippen MR) is 108 cm³/mol. The number of pyridine rings is 2. The van der Waals surface area contributed by atoms with Gasteiger partial charge in [-0.1, -0.05) is 18.2 Å². The third kappa shape index (κ3) is 3.78. The molecule has 0 saturated carbocycles. The van der Waals surface area contributed by atoms with Gasteiger partial charge in [-0.25, -0.2) is 14.2 Å². The zero-order valence-corrected chi connectivity index (χ0v) is 15.6. The van der Waals surface area contributed by atoms with Gasteiger partial charge in [0.2, 0.25) is 0 Å². The molecule has 0 aliphatic carbocycles. The molecule has 4 aromatic rings. The Hall–Kier alpha value is -3.80. The normalized spacial score (nSPS) is 10.8. The summed E-state index contributed by atoms with van der Waals surface area (Å²) in [6, 6.07) is 16.7. The van der Waals surface area contributed by atoms with E-state index in [-0.39, 0.29) is 10.9 Å². The molecule has 0 saturated heterocycles. The highest BCUT2D eigenvalue weighted by molar-refractivity contribution is 6.03. The lowest BCUT2D eigenvalue weighted by molar-refractivity contribution is 0.0699. The smallest absolute Gasteiger partial charge is 0.336 e. The van der Waals surface area contributed by atoms with Crippen LogP contribution < -0.4 is 4.74 Å². The largest absolute Gasteiger partial charge is 0.494 e. The topological polar surface area (TPSA) is 72.3 Å². The molecule has 0 unspecified atom stereocenters. The van der Waals surface area contributed by atoms with Gasteiger partial charge in [-0.3, -0.25) is 4.98 Å². The molecule has 2 aromatic heterocycles. The van der Waals surface area contributed by atoms with Gasteiger partial charge in [-0.15, -0.1) is 0 Å². The average molecular weight is 388 g/mol. The van der Waals surface area contributed by atoms with Crippen molar-refractivity contribution in [3.8, 4) is 28.3 Å². The number of aromatic nitrogens is 2. The third-order valence-corrected chi connectivity index (χ3v) is 4.51. The molecular formula is C23H17FN2O3. The molecule has 0 amide bonds. The van der Waals surface area contributed by atoms with Crippen molar-refractivity contribution in [2.75, 3.05) is 6.61 Å². The number of rotatable bonds is 5. The molecule has 2 heterocycles. The highest BCUT2D eigenvalue weighted by atomic mass is 19.1. The lowest BCUT2D eigenvalue weighted by atomic mass is 10.0. The molecule has 4 rings (SSSR count). The molecule has 1 N–H and O–H groups in total. The van der Waals surface area contributed by atoms with Crippen LogP contribution in [0, 0.1) is 5.82 Å². The van der Waals surface area contributed by atoms with Crippen molar-refractivity contribution in [3.05, 3.63) is 78.2 Å². The van der Waals surface area contributed by atoms with Crippen LogP contribution >= 0.6 is 0 Å². The van der Waals surface area contributed by atoms with E-state index in [4.69, 9.17) is 4.74 Å². The highest BCUT2D eigenvalue weighted by Crippen LogP contribution is 2.27. The molecule has 0 radical (unpaired) electrons. The Balaban J connectivity index is 1.74. The summed E-state index contributed by atoms with van der Waals surface area (Å²) in [4.78, 5) is 20.6. The van der Waals surface area contributed by atoms with E-state index in [9.17, 15) is 14.3 Å². The first-order chi connectivity index (χ1) is 14.0. The zero-order valence-electron chi connectivity index (χ0n) is 15.6. The van der Waals surface area contributed by atoms with Crippen LogP contribution in [0.15, 0.2) is 66.9 Å². The molecular weight excluding hydrogens is 371 g/mol. The Morgan fingerprint density at radius 3 is 2.62 bits per heavy atom. The van der Waals surface area contributed by atoms with Gasteiger partial charge >= 0.3 is 5.97 Å². The SMILES string of the molecule is CCOc1cccc(-c2ccc(-c3cc(C(=O)O)c4cc(F)ccc4n3)nc2)c1. The fraction of sp³-hybridized carbons (Fsp3) is 0.0870. The van der Waals surface area contributed by atoms with Gasteiger partial charge in [0.25, 0.3) is 0 Å². The van der Waals surface area contributed by atoms with Crippen molar-refractivity contribution in [2.45, 2.75) is 6.92 Å². The minimum atomic E-state index is -1.14. The van der Waals surface area contributed by atoms with Crippen LogP contribution in [0.2, 0.25) is 0 Å². The maximum absolute atomic E-state index is 13.5. The molecule has 29 heavy (non-hydrogen) atoms. The summed E-state index contributed by atoms with van der Waals surface area (Å²) in [7, 11) is 0. The number of aromatic carboxylic acids is 1. The van der Waals surface area contributed by atoms with Crippen molar-refractivity contribution in [3.63, 3.8) is 0 Å². The first-order valence-corrected chi connectivity index (χ1v) is 9.08. The monoisotopic (exact) mass is 388 g/mol. The highest BCUT2D eigenvalue weighted by Gasteiger charge is 2.14. The first kappa shape index (κ1) is 18.6. The Bertz CT molecular complexity index is 1210. The second kappa shape index (κ2) is 7.67. The number of fused-ring (bicyclic) bond motifs is 1. The van der Waals surface area contributed by atoms with Crippen LogP contribution in [0.3, 0.4) is 0 Å². The number of hydrogen-bond acceptors (Lipinski definition) is 4. The summed E-state index contributed by atoms with van der Waals surface area (Å²) >= 11 is 0. The second-order valence-corrected chi connectivity index (χ2v) is 6.41. The van der Waals surface area contributed by atoms with E-state index in [2.05, 4.69) is 9.97 Å². The lowest BCUT2D eigenvalue weighted by Crippen LogP contribution is -2.01. The van der Waals surface area contributed by atoms with Crippen molar-refractivity contribution in [1.82, 2.24) is 9.97 Å². The number of ether oxygens (including phenoxy) is 1. The number of carbonyl (C=O) groups is 1. The Morgan fingerprint density at radius 2 is 1.90 bits per heavy atom. The summed E-state index contributed by atoms with van der Waals surface area (Å²) < 4.78 is 19.1. The molecule has 5 nitrogen and oxygen atoms in total. The summed E-state index contributed by atoms with van der Waals surface area (Å²) in [5.74, 6) is -0.872. The average Bonchev–Trinajstić information content (AvgIpc) is 2.73. The maximum Gasteiger partial charge on any atom is 0.336 e. The fourth-order valence-electron chi connectivity index (χ4n) is 3.15. The van der Waals surface area contributed by atoms with E-state index in [1.165, 1.54) is 24.3 Å². The number of carboxylic acids is 1. The van der Waals surface area contributed by atoms with Crippen LogP contribution in [-0.2, 0) is 0 Å². The van der Waals surface area contributed by atoms with Gasteiger partial charge in [0.15, 0.2) is 0 Å². The molecule has 0 atom stereocenters. The third-order valence-electron chi connectivity index (χ3n) is 4.51. The molecule has 0 fully saturated rings. The van der Waals surface area contributed by atoms with Crippen molar-refractivity contribution < 1.29 is 19.0 Å². The van der Waals surface area contributed by atoms with Crippen LogP contribution in [0.4, 0.5) is 4.39 Å². The van der Waals surface area contributed by atoms with E-state index in [1.807, 2.05) is 37.3 Å². The molecule has 2 aromatic carbocycles. The van der Waals surface area contributed by atoms with E-state index < -0.39 is 11.8 Å². The van der Waals surface area contributed by atoms with Gasteiger partial charge in [0, 0.05) is 17.1 Å². The van der Waals surface area contributed by atoms with Crippen LogP contribution in [0.25, 0.3) is 33.4 Å². The lowest BCUT2D eigenvalue weighted by Gasteiger charge is -2.09. The molecule has 0 aliphatic heterocycles. The molecule has 6 heteroatoms. The number of hydrogen-bond donors (Lipinski definition) is 1. The van der Waals surface area contributed by atoms with E-state index in [1.54, 1.807) is 12.3 Å². The Labute approximate surface area is 166 Å². The number of carboxylic acid groups (broad SMARTS) is 1. The van der Waals surface area contributed by atoms with Crippen molar-refractivity contribution in [1.29, 1.82) is 0 Å². The van der Waals surface area contributed by atoms with Gasteiger partial charge < -0.3 is 9.84 Å². The van der Waals surface area contributed by atoms with E-state index in [0.29, 0.717) is 23.5 Å². The minimum absolute atomic E-state index is 0.0141. The molecule has 0 spiro atoms. The van der Waals surface area contributed by atoms with Gasteiger partial charge in [0.05, 0.1) is 29.1 Å². The Morgan fingerprint density at radius 1 is 1.03 bits per heavy atom. The van der Waals surface area contributed by atoms with Crippen molar-refractivity contribution in [2.24, 2.45) is 0 Å². The van der Waals surface area contributed by atoms with Crippen LogP contribution in [-0.4, -0.2) is 27.7 Å². The molecule has 0 aliphatic rings. The van der Waals surface area contributed by atoms with Gasteiger partial charge in [0.1, 0.15) is 11.6 Å². The van der Waals surface area contributed by atoms with Crippen LogP contribution in [0.1, 0.15) is 17.3 Å². The van der Waals surface area contributed by atoms with Crippen molar-refractivity contribution >= 4 is 16.9 Å². The standard InChI is InChI=1S/C23H17FN2O3/c1-2-29-17-5-3-4-14(10-17)15-6-8-21(25-13-15)22-12-19(23(27)28)18-11-16(24)7-9-20(18)26-22/h3-13H,2H2,1H3,(H,27,28). The van der Waals surface area contributed by atoms with E-state index in [0.717, 1.165) is 16.9 Å². The molecule has 0 bridgehead atoms. The quantitative estimate of drug-likeness (QED) is 0.509. The summed E-state index contributed by atoms with van der Waals surface area (Å²) in [6.45, 7) is 2.52. The second-order valence-electron chi connectivity index (χ2n) is 6.41. The first-order valence-electron chi connectivity index (χ1n) is 9.08. The summed E-state index contributed by atoms with van der Waals surface area (Å²) in [5.41, 5.74) is 3.19. The zero-order chi connectivity index (χ0) is 20.4. The fourth-order valence-corrected chi connectivity index (χ4v) is 3.15. The summed E-state index contributed by atoms with van der Waals surface area (Å²) in [6.07, 6.45) is 1.71. The minimum Gasteiger partial charge on any atom is -0.494 e. The summed E-state index contributed by atoms with van der Waals surface area (Å²) in [5, 5.41) is 9.78. The van der Waals surface area contributed by atoms with Gasteiger partial charge in [-0.05, 0) is 55.0 Å². The van der Waals surface area contributed by atoms with Gasteiger partial charge in [-0.2, -0.15) is 0 Å². The number of nitrogens with zero attached hydrogens (tertiary/aromatic N) is 2. The van der Waals surface area contributed by atoms with Crippen LogP contribution in [0.5, 0.6) is 5.75 Å². The number of benzene rings is 2. The predicted octanol–water partition coefficient (Wildman–Crippen LogP) is 5.20. The number of halogens is 1. The Kier molecular flexibility index (Phi) is 4.91.